The zero-order valence-electron chi connectivity index (χ0n) is 6.34. The van der Waals surface area contributed by atoms with Crippen molar-refractivity contribution < 1.29 is 15.0 Å². The molecule has 0 aromatic carbocycles. The molecule has 0 fully saturated rings. The molecule has 0 saturated carbocycles. The molecule has 1 aromatic rings. The van der Waals surface area contributed by atoms with Crippen LogP contribution in [0.1, 0.15) is 12.1 Å². The van der Waals surface area contributed by atoms with Crippen LogP contribution < -0.4 is 0 Å². The lowest BCUT2D eigenvalue weighted by Gasteiger charge is -1.99. The van der Waals surface area contributed by atoms with E-state index >= 15 is 0 Å². The maximum atomic E-state index is 10.2. The maximum Gasteiger partial charge on any atom is 0.305 e. The number of carbonyl (C=O) groups is 1. The van der Waals surface area contributed by atoms with Crippen LogP contribution >= 0.6 is 0 Å². The van der Waals surface area contributed by atoms with Gasteiger partial charge in [0, 0.05) is 0 Å². The number of rotatable bonds is 4. The van der Waals surface area contributed by atoms with Gasteiger partial charge in [-0.15, -0.1) is 5.10 Å². The highest BCUT2D eigenvalue weighted by atomic mass is 16.4. The predicted molar refractivity (Wildman–Crippen MR) is 38.2 cm³/mol. The number of nitrogens with zero attached hydrogens (tertiary/aromatic N) is 3. The summed E-state index contributed by atoms with van der Waals surface area (Å²) in [6.45, 7) is 0.0673. The van der Waals surface area contributed by atoms with E-state index in [9.17, 15) is 4.79 Å². The second-order valence-corrected chi connectivity index (χ2v) is 2.25. The van der Waals surface area contributed by atoms with Crippen molar-refractivity contribution >= 4 is 5.97 Å². The normalized spacial score (nSPS) is 10.1. The Morgan fingerprint density at radius 1 is 1.67 bits per heavy atom. The minimum Gasteiger partial charge on any atom is -0.481 e. The minimum atomic E-state index is -0.894. The summed E-state index contributed by atoms with van der Waals surface area (Å²) in [7, 11) is 0. The number of aliphatic carboxylic acids is 1. The molecule has 6 heteroatoms. The second kappa shape index (κ2) is 3.82. The van der Waals surface area contributed by atoms with Crippen molar-refractivity contribution in [3.05, 3.63) is 11.9 Å². The molecule has 1 rings (SSSR count). The highest BCUT2D eigenvalue weighted by molar-refractivity contribution is 5.66. The lowest BCUT2D eigenvalue weighted by atomic mass is 10.4. The molecule has 1 aromatic heterocycles. The molecule has 0 amide bonds. The third-order valence-corrected chi connectivity index (χ3v) is 1.40. The first kappa shape index (κ1) is 8.66. The summed E-state index contributed by atoms with van der Waals surface area (Å²) in [5, 5.41) is 24.2. The van der Waals surface area contributed by atoms with Crippen LogP contribution in [0.25, 0.3) is 0 Å². The predicted octanol–water partition coefficient (Wildman–Crippen LogP) is -0.755. The van der Waals surface area contributed by atoms with E-state index < -0.39 is 5.97 Å². The molecule has 0 bridgehead atoms. The summed E-state index contributed by atoms with van der Waals surface area (Å²) < 4.78 is 1.37. The number of aliphatic hydroxyl groups is 1. The lowest BCUT2D eigenvalue weighted by Crippen LogP contribution is -2.09. The molecule has 0 unspecified atom stereocenters. The molecule has 12 heavy (non-hydrogen) atoms. The van der Waals surface area contributed by atoms with E-state index in [1.54, 1.807) is 0 Å². The van der Waals surface area contributed by atoms with Crippen LogP contribution in [0, 0.1) is 0 Å². The van der Waals surface area contributed by atoms with Gasteiger partial charge in [0.2, 0.25) is 0 Å². The highest BCUT2D eigenvalue weighted by Crippen LogP contribution is 1.96. The van der Waals surface area contributed by atoms with Gasteiger partial charge >= 0.3 is 5.97 Å². The van der Waals surface area contributed by atoms with E-state index in [1.165, 1.54) is 10.9 Å². The number of aliphatic hydroxyl groups excluding tert-OH is 1. The topological polar surface area (TPSA) is 88.2 Å². The Balaban J connectivity index is 2.56. The van der Waals surface area contributed by atoms with Crippen LogP contribution in [0.15, 0.2) is 6.20 Å². The fourth-order valence-corrected chi connectivity index (χ4v) is 0.791. The molecular formula is C6H9N3O3. The number of hydrogen-bond donors (Lipinski definition) is 2. The lowest BCUT2D eigenvalue weighted by molar-refractivity contribution is -0.137. The zero-order valence-corrected chi connectivity index (χ0v) is 6.34. The largest absolute Gasteiger partial charge is 0.481 e. The van der Waals surface area contributed by atoms with E-state index in [0.717, 1.165) is 0 Å². The first-order chi connectivity index (χ1) is 5.74. The molecule has 0 aliphatic carbocycles. The Morgan fingerprint density at radius 3 is 3.00 bits per heavy atom. The monoisotopic (exact) mass is 171 g/mol. The summed E-state index contributed by atoms with van der Waals surface area (Å²) in [6.07, 6.45) is 1.39. The van der Waals surface area contributed by atoms with Gasteiger partial charge in [0.05, 0.1) is 31.5 Å². The van der Waals surface area contributed by atoms with E-state index in [0.29, 0.717) is 5.69 Å². The van der Waals surface area contributed by atoms with E-state index in [2.05, 4.69) is 10.3 Å². The van der Waals surface area contributed by atoms with E-state index in [1.807, 2.05) is 0 Å². The number of hydrogen-bond acceptors (Lipinski definition) is 4. The van der Waals surface area contributed by atoms with Gasteiger partial charge in [-0.1, -0.05) is 5.21 Å². The summed E-state index contributed by atoms with van der Waals surface area (Å²) in [5.74, 6) is -0.894. The summed E-state index contributed by atoms with van der Waals surface area (Å²) in [5.41, 5.74) is 0.524. The maximum absolute atomic E-state index is 10.2. The summed E-state index contributed by atoms with van der Waals surface area (Å²) >= 11 is 0. The van der Waals surface area contributed by atoms with Gasteiger partial charge in [-0.05, 0) is 0 Å². The quantitative estimate of drug-likeness (QED) is 0.622. The average Bonchev–Trinajstić information content (AvgIpc) is 2.47. The van der Waals surface area contributed by atoms with Crippen molar-refractivity contribution in [1.29, 1.82) is 0 Å². The number of aryl methyl sites for hydroxylation is 1. The molecule has 6 nitrogen and oxygen atoms in total. The first-order valence-electron chi connectivity index (χ1n) is 3.44. The van der Waals surface area contributed by atoms with Crippen LogP contribution in [-0.2, 0) is 17.9 Å². The van der Waals surface area contributed by atoms with Gasteiger partial charge in [0.25, 0.3) is 0 Å². The van der Waals surface area contributed by atoms with Gasteiger partial charge in [-0.2, -0.15) is 0 Å². The number of carboxylic acids is 1. The minimum absolute atomic E-state index is 0.0175. The molecule has 0 atom stereocenters. The van der Waals surface area contributed by atoms with Gasteiger partial charge in [-0.25, -0.2) is 4.68 Å². The standard InChI is InChI=1S/C6H9N3O3/c10-4-5-3-7-8-9(5)2-1-6(11)12/h3,10H,1-2,4H2,(H,11,12). The highest BCUT2D eigenvalue weighted by Gasteiger charge is 2.03. The zero-order chi connectivity index (χ0) is 8.97. The van der Waals surface area contributed by atoms with Crippen LogP contribution in [-0.4, -0.2) is 31.2 Å². The first-order valence-corrected chi connectivity index (χ1v) is 3.44. The van der Waals surface area contributed by atoms with Crippen LogP contribution in [0.4, 0.5) is 0 Å². The molecule has 0 spiro atoms. The van der Waals surface area contributed by atoms with Crippen molar-refractivity contribution in [2.45, 2.75) is 19.6 Å². The van der Waals surface area contributed by atoms with Crippen LogP contribution in [0.2, 0.25) is 0 Å². The fourth-order valence-electron chi connectivity index (χ4n) is 0.791. The molecule has 0 saturated heterocycles. The SMILES string of the molecule is O=C(O)CCn1nncc1CO. The second-order valence-electron chi connectivity index (χ2n) is 2.25. The van der Waals surface area contributed by atoms with Crippen molar-refractivity contribution in [2.24, 2.45) is 0 Å². The summed E-state index contributed by atoms with van der Waals surface area (Å²) in [4.78, 5) is 10.2. The Kier molecular flexibility index (Phi) is 2.76. The van der Waals surface area contributed by atoms with Crippen molar-refractivity contribution in [1.82, 2.24) is 15.0 Å². The third-order valence-electron chi connectivity index (χ3n) is 1.40. The van der Waals surface area contributed by atoms with Gasteiger partial charge in [0.1, 0.15) is 0 Å². The van der Waals surface area contributed by atoms with E-state index in [4.69, 9.17) is 10.2 Å². The van der Waals surface area contributed by atoms with Crippen LogP contribution in [0.3, 0.4) is 0 Å². The third kappa shape index (κ3) is 2.03. The van der Waals surface area contributed by atoms with Crippen molar-refractivity contribution in [2.75, 3.05) is 0 Å². The smallest absolute Gasteiger partial charge is 0.305 e. The summed E-state index contributed by atoms with van der Waals surface area (Å²) in [6, 6.07) is 0. The molecule has 0 aliphatic heterocycles. The van der Waals surface area contributed by atoms with Crippen molar-refractivity contribution in [3.63, 3.8) is 0 Å². The Bertz CT molecular complexity index is 271. The van der Waals surface area contributed by atoms with Gasteiger partial charge in [0.15, 0.2) is 0 Å². The molecule has 2 N–H and O–H groups in total. The number of carboxylic acid groups (broad SMARTS) is 1. The number of aromatic nitrogens is 3. The molecule has 0 aliphatic rings. The Labute approximate surface area is 68.4 Å². The Hall–Kier alpha value is -1.43. The Morgan fingerprint density at radius 2 is 2.42 bits per heavy atom. The molecule has 66 valence electrons. The van der Waals surface area contributed by atoms with Crippen molar-refractivity contribution in [3.8, 4) is 0 Å². The fraction of sp³-hybridized carbons (Fsp3) is 0.500. The van der Waals surface area contributed by atoms with Crippen LogP contribution in [0.5, 0.6) is 0 Å². The van der Waals surface area contributed by atoms with Gasteiger partial charge in [-0.3, -0.25) is 4.79 Å². The van der Waals surface area contributed by atoms with Gasteiger partial charge < -0.3 is 10.2 Å². The van der Waals surface area contributed by atoms with E-state index in [-0.39, 0.29) is 19.6 Å². The molecular weight excluding hydrogens is 162 g/mol. The molecule has 1 heterocycles. The average molecular weight is 171 g/mol. The molecule has 0 radical (unpaired) electrons.